The van der Waals surface area contributed by atoms with E-state index in [1.165, 1.54) is 89.3 Å². The number of hydrogen-bond acceptors (Lipinski definition) is 3. The highest BCUT2D eigenvalue weighted by Crippen LogP contribution is 2.61. The lowest BCUT2D eigenvalue weighted by Crippen LogP contribution is -2.62. The van der Waals surface area contributed by atoms with Crippen LogP contribution in [0.5, 0.6) is 0 Å². The Morgan fingerprint density at radius 1 is 0.507 bits per heavy atom. The van der Waals surface area contributed by atoms with Crippen LogP contribution in [0.1, 0.15) is 73.9 Å². The van der Waals surface area contributed by atoms with Crippen LogP contribution >= 0.6 is 0 Å². The Hall–Kier alpha value is -7.82. The van der Waals surface area contributed by atoms with Gasteiger partial charge in [0.05, 0.1) is 16.8 Å². The van der Waals surface area contributed by atoms with Crippen LogP contribution in [0.25, 0.3) is 44.3 Å². The molecule has 0 fully saturated rings. The van der Waals surface area contributed by atoms with Gasteiger partial charge in [0, 0.05) is 33.6 Å². The topological polar surface area (TPSA) is 19.6 Å². The maximum absolute atomic E-state index is 7.56. The Kier molecular flexibility index (Phi) is 9.53. The molecular formula is C65H53BN2O. The van der Waals surface area contributed by atoms with Gasteiger partial charge in [0.1, 0.15) is 11.2 Å². The van der Waals surface area contributed by atoms with Crippen molar-refractivity contribution in [2.24, 2.45) is 0 Å². The Bertz CT molecular complexity index is 3550. The zero-order chi connectivity index (χ0) is 46.4. The van der Waals surface area contributed by atoms with Gasteiger partial charge in [-0.05, 0) is 122 Å². The van der Waals surface area contributed by atoms with E-state index in [0.29, 0.717) is 0 Å². The average Bonchev–Trinajstić information content (AvgIpc) is 3.78. The van der Waals surface area contributed by atoms with Crippen LogP contribution < -0.4 is 20.8 Å². The molecule has 0 unspecified atom stereocenters. The van der Waals surface area contributed by atoms with E-state index in [2.05, 4.69) is 250 Å². The number of nitrogens with zero attached hydrogens (tertiary/aromatic N) is 2. The summed E-state index contributed by atoms with van der Waals surface area (Å²) >= 11 is 0. The highest BCUT2D eigenvalue weighted by Gasteiger charge is 2.55. The smallest absolute Gasteiger partial charge is 0.375 e. The number of benzene rings is 9. The maximum atomic E-state index is 7.56. The minimum atomic E-state index is -0.610. The van der Waals surface area contributed by atoms with Crippen molar-refractivity contribution in [3.05, 3.63) is 246 Å². The van der Waals surface area contributed by atoms with Gasteiger partial charge >= 0.3 is 6.85 Å². The molecule has 13 rings (SSSR count). The average molecular weight is 889 g/mol. The number of furan rings is 1. The highest BCUT2D eigenvalue weighted by atomic mass is 16.3. The maximum Gasteiger partial charge on any atom is 0.375 e. The molecule has 3 nitrogen and oxygen atoms in total. The predicted molar refractivity (Wildman–Crippen MR) is 290 cm³/mol. The zero-order valence-corrected chi connectivity index (χ0v) is 39.7. The van der Waals surface area contributed by atoms with Crippen molar-refractivity contribution < 1.29 is 4.42 Å². The summed E-state index contributed by atoms with van der Waals surface area (Å²) in [5.41, 5.74) is 23.1. The van der Waals surface area contributed by atoms with Gasteiger partial charge in [-0.2, -0.15) is 0 Å². The van der Waals surface area contributed by atoms with Crippen molar-refractivity contribution in [2.45, 2.75) is 57.8 Å². The van der Waals surface area contributed by atoms with Gasteiger partial charge in [0.25, 0.3) is 0 Å². The quantitative estimate of drug-likeness (QED) is 0.142. The van der Waals surface area contributed by atoms with Crippen LogP contribution in [0, 0.1) is 0 Å². The van der Waals surface area contributed by atoms with E-state index < -0.39 is 5.41 Å². The van der Waals surface area contributed by atoms with Crippen molar-refractivity contribution in [1.82, 2.24) is 0 Å². The molecule has 0 N–H and O–H groups in total. The van der Waals surface area contributed by atoms with Gasteiger partial charge in [-0.3, -0.25) is 0 Å². The fourth-order valence-electron chi connectivity index (χ4n) is 12.1. The molecule has 69 heavy (non-hydrogen) atoms. The molecule has 0 spiro atoms. The number of aryl methyl sites for hydroxylation is 1. The minimum absolute atomic E-state index is 0.0811. The summed E-state index contributed by atoms with van der Waals surface area (Å²) in [7, 11) is 0. The van der Waals surface area contributed by atoms with E-state index in [4.69, 9.17) is 4.42 Å². The molecule has 0 amide bonds. The largest absolute Gasteiger partial charge is 0.466 e. The number of rotatable bonds is 8. The third-order valence-electron chi connectivity index (χ3n) is 15.2. The third-order valence-corrected chi connectivity index (χ3v) is 15.2. The van der Waals surface area contributed by atoms with Crippen molar-refractivity contribution in [1.29, 1.82) is 0 Å². The number of unbranched alkanes of at least 4 members (excludes halogenated alkanes) is 1. The van der Waals surface area contributed by atoms with Crippen LogP contribution in [0.4, 0.5) is 28.4 Å². The summed E-state index contributed by atoms with van der Waals surface area (Å²) in [6.07, 6.45) is 3.33. The second-order valence-corrected chi connectivity index (χ2v) is 20.2. The summed E-state index contributed by atoms with van der Waals surface area (Å²) in [4.78, 5) is 5.25. The lowest BCUT2D eigenvalue weighted by atomic mass is 9.44. The molecule has 3 aliphatic rings. The number of para-hydroxylation sites is 2. The van der Waals surface area contributed by atoms with Crippen molar-refractivity contribution in [2.75, 3.05) is 9.71 Å². The zero-order valence-electron chi connectivity index (χ0n) is 39.7. The Balaban J connectivity index is 1.20. The molecule has 0 atom stereocenters. The van der Waals surface area contributed by atoms with Crippen molar-refractivity contribution in [3.8, 4) is 33.4 Å². The summed E-state index contributed by atoms with van der Waals surface area (Å²) in [5, 5.41) is 1.12. The lowest BCUT2D eigenvalue weighted by Gasteiger charge is -2.52. The van der Waals surface area contributed by atoms with Gasteiger partial charge in [0.2, 0.25) is 0 Å². The molecule has 0 radical (unpaired) electrons. The first-order valence-electron chi connectivity index (χ1n) is 24.8. The standard InChI is InChI=1S/C65H53BN2O/c1-5-6-22-43-35-37-56(51(39-43)45-25-13-8-14-26-45)67-58-41-46(44-23-11-7-12-24-44)40-52-50-31-21-33-55-61(50)68(66(60(52)58)63-62(67)53-42-49(64(2,3)4)36-38-59(53)69-63)57-34-20-19-32-54(57)65(55,47-27-15-9-16-28-47)48-29-17-10-18-30-48/h7-21,23-42H,5-6,22H2,1-4H3. The molecule has 0 bridgehead atoms. The van der Waals surface area contributed by atoms with Crippen LogP contribution in [0.2, 0.25) is 0 Å². The summed E-state index contributed by atoms with van der Waals surface area (Å²) < 4.78 is 7.56. The predicted octanol–water partition coefficient (Wildman–Crippen LogP) is 15.8. The summed E-state index contributed by atoms with van der Waals surface area (Å²) in [6.45, 7) is 8.92. The molecule has 1 aromatic heterocycles. The molecule has 0 saturated heterocycles. The Labute approximate surface area is 406 Å². The molecule has 0 aliphatic carbocycles. The summed E-state index contributed by atoms with van der Waals surface area (Å²) in [5.74, 6) is 0. The molecule has 4 heterocycles. The molecular weight excluding hydrogens is 836 g/mol. The van der Waals surface area contributed by atoms with Crippen molar-refractivity contribution in [3.63, 3.8) is 0 Å². The monoisotopic (exact) mass is 888 g/mol. The first kappa shape index (κ1) is 41.4. The molecule has 10 aromatic rings. The molecule has 4 heteroatoms. The van der Waals surface area contributed by atoms with E-state index in [-0.39, 0.29) is 12.3 Å². The van der Waals surface area contributed by atoms with Gasteiger partial charge in [-0.1, -0.05) is 204 Å². The first-order chi connectivity index (χ1) is 33.8. The number of anilines is 5. The molecule has 3 aliphatic heterocycles. The SMILES string of the molecule is CCCCc1ccc(N2c3cc(-c4ccccc4)cc4c3B(c3oc5ccc(C(C)(C)C)cc5c32)N2c3ccccc3C(c3ccccc3)(c3ccccc3)c3cccc-4c32)c(-c2ccccc2)c1. The van der Waals surface area contributed by atoms with E-state index in [1.54, 1.807) is 0 Å². The van der Waals surface area contributed by atoms with Gasteiger partial charge in [0.15, 0.2) is 0 Å². The van der Waals surface area contributed by atoms with Crippen LogP contribution in [0.3, 0.4) is 0 Å². The second kappa shape index (κ2) is 15.9. The van der Waals surface area contributed by atoms with Crippen LogP contribution in [-0.2, 0) is 17.3 Å². The van der Waals surface area contributed by atoms with Gasteiger partial charge < -0.3 is 14.1 Å². The lowest BCUT2D eigenvalue weighted by molar-refractivity contribution is 0.590. The Morgan fingerprint density at radius 3 is 1.86 bits per heavy atom. The fraction of sp³-hybridized carbons (Fsp3) is 0.138. The first-order valence-corrected chi connectivity index (χ1v) is 24.8. The fourth-order valence-corrected chi connectivity index (χ4v) is 12.1. The molecule has 9 aromatic carbocycles. The van der Waals surface area contributed by atoms with E-state index in [1.807, 2.05) is 0 Å². The van der Waals surface area contributed by atoms with E-state index >= 15 is 0 Å². The van der Waals surface area contributed by atoms with Crippen LogP contribution in [-0.4, -0.2) is 6.85 Å². The van der Waals surface area contributed by atoms with Gasteiger partial charge in [-0.15, -0.1) is 0 Å². The molecule has 0 saturated carbocycles. The van der Waals surface area contributed by atoms with E-state index in [0.717, 1.165) is 47.3 Å². The second-order valence-electron chi connectivity index (χ2n) is 20.2. The summed E-state index contributed by atoms with van der Waals surface area (Å²) in [6, 6.07) is 79.6. The normalized spacial score (nSPS) is 14.0. The minimum Gasteiger partial charge on any atom is -0.466 e. The van der Waals surface area contributed by atoms with E-state index in [9.17, 15) is 0 Å². The number of fused-ring (bicyclic) bond motifs is 8. The highest BCUT2D eigenvalue weighted by molar-refractivity contribution is 6.93. The third kappa shape index (κ3) is 6.21. The number of hydrogen-bond donors (Lipinski definition) is 0. The van der Waals surface area contributed by atoms with Gasteiger partial charge in [-0.25, -0.2) is 0 Å². The van der Waals surface area contributed by atoms with Crippen molar-refractivity contribution >= 4 is 57.4 Å². The van der Waals surface area contributed by atoms with Crippen LogP contribution in [0.15, 0.2) is 217 Å². The Morgan fingerprint density at radius 2 is 1.16 bits per heavy atom. The molecule has 332 valence electrons.